The maximum Gasteiger partial charge on any atom is 0.240 e. The van der Waals surface area contributed by atoms with Crippen molar-refractivity contribution in [3.63, 3.8) is 0 Å². The van der Waals surface area contributed by atoms with Crippen LogP contribution in [0.1, 0.15) is 39.0 Å². The molecule has 2 saturated heterocycles. The highest BCUT2D eigenvalue weighted by atomic mass is 16.3. The average Bonchev–Trinajstić information content (AvgIpc) is 3.00. The SMILES string of the molecule is CC(O)C1CCN(C(=O)C2NCC3CCCC32)CC1. The lowest BCUT2D eigenvalue weighted by atomic mass is 9.90. The fourth-order valence-corrected chi connectivity index (χ4v) is 4.26. The number of hydrogen-bond donors (Lipinski definition) is 2. The molecule has 0 aromatic rings. The van der Waals surface area contributed by atoms with E-state index < -0.39 is 0 Å². The summed E-state index contributed by atoms with van der Waals surface area (Å²) in [5.41, 5.74) is 0. The van der Waals surface area contributed by atoms with Crippen LogP contribution in [0.5, 0.6) is 0 Å². The fraction of sp³-hybridized carbons (Fsp3) is 0.933. The van der Waals surface area contributed by atoms with E-state index in [9.17, 15) is 9.90 Å². The summed E-state index contributed by atoms with van der Waals surface area (Å²) < 4.78 is 0. The van der Waals surface area contributed by atoms with Gasteiger partial charge in [-0.2, -0.15) is 0 Å². The van der Waals surface area contributed by atoms with Gasteiger partial charge in [0.15, 0.2) is 0 Å². The van der Waals surface area contributed by atoms with E-state index >= 15 is 0 Å². The minimum atomic E-state index is -0.235. The summed E-state index contributed by atoms with van der Waals surface area (Å²) in [6.07, 6.45) is 5.48. The topological polar surface area (TPSA) is 52.6 Å². The number of aliphatic hydroxyl groups is 1. The zero-order valence-corrected chi connectivity index (χ0v) is 11.8. The van der Waals surface area contributed by atoms with Crippen LogP contribution in [0.15, 0.2) is 0 Å². The molecule has 3 rings (SSSR count). The maximum absolute atomic E-state index is 12.6. The molecule has 108 valence electrons. The Kier molecular flexibility index (Phi) is 3.81. The van der Waals surface area contributed by atoms with Crippen molar-refractivity contribution in [2.75, 3.05) is 19.6 Å². The first-order valence-electron chi connectivity index (χ1n) is 7.87. The van der Waals surface area contributed by atoms with E-state index in [1.807, 2.05) is 11.8 Å². The molecule has 3 fully saturated rings. The van der Waals surface area contributed by atoms with Crippen molar-refractivity contribution in [1.29, 1.82) is 0 Å². The van der Waals surface area contributed by atoms with Gasteiger partial charge in [-0.25, -0.2) is 0 Å². The Bertz CT molecular complexity index is 337. The molecule has 4 heteroatoms. The summed E-state index contributed by atoms with van der Waals surface area (Å²) in [6.45, 7) is 4.54. The van der Waals surface area contributed by atoms with E-state index in [4.69, 9.17) is 0 Å². The molecule has 0 radical (unpaired) electrons. The number of carbonyl (C=O) groups excluding carboxylic acids is 1. The van der Waals surface area contributed by atoms with Crippen molar-refractivity contribution >= 4 is 5.91 Å². The second kappa shape index (κ2) is 5.41. The molecule has 1 amide bonds. The highest BCUT2D eigenvalue weighted by Gasteiger charge is 2.44. The number of aliphatic hydroxyl groups excluding tert-OH is 1. The largest absolute Gasteiger partial charge is 0.393 e. The van der Waals surface area contributed by atoms with E-state index in [2.05, 4.69) is 5.32 Å². The first kappa shape index (κ1) is 13.4. The summed E-state index contributed by atoms with van der Waals surface area (Å²) in [5.74, 6) is 2.02. The molecule has 19 heavy (non-hydrogen) atoms. The first-order valence-corrected chi connectivity index (χ1v) is 7.87. The van der Waals surface area contributed by atoms with Gasteiger partial charge >= 0.3 is 0 Å². The molecule has 0 aromatic heterocycles. The number of carbonyl (C=O) groups is 1. The van der Waals surface area contributed by atoms with Crippen LogP contribution in [0.4, 0.5) is 0 Å². The Labute approximate surface area is 115 Å². The van der Waals surface area contributed by atoms with Gasteiger partial charge in [-0.3, -0.25) is 4.79 Å². The van der Waals surface area contributed by atoms with Gasteiger partial charge < -0.3 is 15.3 Å². The highest BCUT2D eigenvalue weighted by molar-refractivity contribution is 5.82. The zero-order valence-electron chi connectivity index (χ0n) is 11.8. The van der Waals surface area contributed by atoms with E-state index in [1.54, 1.807) is 0 Å². The van der Waals surface area contributed by atoms with Crippen LogP contribution >= 0.6 is 0 Å². The van der Waals surface area contributed by atoms with Gasteiger partial charge in [-0.05, 0) is 56.9 Å². The number of nitrogens with one attached hydrogen (secondary N) is 1. The predicted molar refractivity (Wildman–Crippen MR) is 73.6 cm³/mol. The third kappa shape index (κ3) is 2.52. The summed E-state index contributed by atoms with van der Waals surface area (Å²) in [5, 5.41) is 13.1. The number of amides is 1. The first-order chi connectivity index (χ1) is 9.16. The van der Waals surface area contributed by atoms with Crippen LogP contribution in [0.2, 0.25) is 0 Å². The summed E-state index contributed by atoms with van der Waals surface area (Å²) >= 11 is 0. The van der Waals surface area contributed by atoms with Crippen molar-refractivity contribution in [2.24, 2.45) is 17.8 Å². The molecule has 4 nitrogen and oxygen atoms in total. The average molecular weight is 266 g/mol. The summed E-state index contributed by atoms with van der Waals surface area (Å²) in [6, 6.07) is 0.0793. The van der Waals surface area contributed by atoms with Crippen LogP contribution in [-0.2, 0) is 4.79 Å². The number of piperidine rings is 1. The second-order valence-electron chi connectivity index (χ2n) is 6.64. The van der Waals surface area contributed by atoms with Gasteiger partial charge in [0.1, 0.15) is 0 Å². The second-order valence-corrected chi connectivity index (χ2v) is 6.64. The number of likely N-dealkylation sites (tertiary alicyclic amines) is 1. The van der Waals surface area contributed by atoms with Crippen molar-refractivity contribution in [2.45, 2.75) is 51.2 Å². The van der Waals surface area contributed by atoms with Gasteiger partial charge in [-0.1, -0.05) is 6.42 Å². The molecular formula is C15H26N2O2. The molecule has 1 aliphatic carbocycles. The lowest BCUT2D eigenvalue weighted by Crippen LogP contribution is -2.49. The summed E-state index contributed by atoms with van der Waals surface area (Å²) in [4.78, 5) is 14.6. The summed E-state index contributed by atoms with van der Waals surface area (Å²) in [7, 11) is 0. The standard InChI is InChI=1S/C15H26N2O2/c1-10(18)11-5-7-17(8-6-11)15(19)14-13-4-2-3-12(13)9-16-14/h10-14,16,18H,2-9H2,1H3. The maximum atomic E-state index is 12.6. The molecule has 4 atom stereocenters. The van der Waals surface area contributed by atoms with Crippen LogP contribution in [-0.4, -0.2) is 47.7 Å². The van der Waals surface area contributed by atoms with Gasteiger partial charge in [0.05, 0.1) is 12.1 Å². The minimum Gasteiger partial charge on any atom is -0.393 e. The molecule has 2 heterocycles. The minimum absolute atomic E-state index is 0.0793. The van der Waals surface area contributed by atoms with Crippen LogP contribution in [0, 0.1) is 17.8 Å². The Morgan fingerprint density at radius 1 is 1.26 bits per heavy atom. The van der Waals surface area contributed by atoms with Crippen LogP contribution < -0.4 is 5.32 Å². The van der Waals surface area contributed by atoms with Gasteiger partial charge in [0.25, 0.3) is 0 Å². The zero-order chi connectivity index (χ0) is 13.4. The van der Waals surface area contributed by atoms with Crippen molar-refractivity contribution in [3.8, 4) is 0 Å². The van der Waals surface area contributed by atoms with E-state index in [0.717, 1.165) is 38.4 Å². The molecule has 0 spiro atoms. The Balaban J connectivity index is 1.57. The van der Waals surface area contributed by atoms with Crippen LogP contribution in [0.25, 0.3) is 0 Å². The Morgan fingerprint density at radius 3 is 2.68 bits per heavy atom. The lowest BCUT2D eigenvalue weighted by Gasteiger charge is -2.35. The Hall–Kier alpha value is -0.610. The van der Waals surface area contributed by atoms with Crippen molar-refractivity contribution in [1.82, 2.24) is 10.2 Å². The number of rotatable bonds is 2. The van der Waals surface area contributed by atoms with Gasteiger partial charge in [0, 0.05) is 13.1 Å². The molecule has 2 aliphatic heterocycles. The molecule has 4 unspecified atom stereocenters. The number of fused-ring (bicyclic) bond motifs is 1. The quantitative estimate of drug-likeness (QED) is 0.784. The van der Waals surface area contributed by atoms with Gasteiger partial charge in [0.2, 0.25) is 5.91 Å². The molecule has 0 bridgehead atoms. The van der Waals surface area contributed by atoms with Gasteiger partial charge in [-0.15, -0.1) is 0 Å². The highest BCUT2D eigenvalue weighted by Crippen LogP contribution is 2.38. The normalized spacial score (nSPS) is 37.4. The molecule has 1 saturated carbocycles. The molecule has 2 N–H and O–H groups in total. The van der Waals surface area contributed by atoms with Crippen molar-refractivity contribution < 1.29 is 9.90 Å². The smallest absolute Gasteiger partial charge is 0.240 e. The fourth-order valence-electron chi connectivity index (χ4n) is 4.26. The van der Waals surface area contributed by atoms with Crippen molar-refractivity contribution in [3.05, 3.63) is 0 Å². The number of hydrogen-bond acceptors (Lipinski definition) is 3. The van der Waals surface area contributed by atoms with Crippen LogP contribution in [0.3, 0.4) is 0 Å². The predicted octanol–water partition coefficient (Wildman–Crippen LogP) is 0.994. The molecular weight excluding hydrogens is 240 g/mol. The lowest BCUT2D eigenvalue weighted by molar-refractivity contribution is -0.136. The Morgan fingerprint density at radius 2 is 2.00 bits per heavy atom. The van der Waals surface area contributed by atoms with E-state index in [0.29, 0.717) is 17.7 Å². The molecule has 0 aromatic carbocycles. The monoisotopic (exact) mass is 266 g/mol. The van der Waals surface area contributed by atoms with E-state index in [-0.39, 0.29) is 12.1 Å². The third-order valence-electron chi connectivity index (χ3n) is 5.55. The number of nitrogens with zero attached hydrogens (tertiary/aromatic N) is 1. The third-order valence-corrected chi connectivity index (χ3v) is 5.55. The molecule has 3 aliphatic rings. The van der Waals surface area contributed by atoms with E-state index in [1.165, 1.54) is 19.3 Å².